The minimum absolute atomic E-state index is 0.422. The van der Waals surface area contributed by atoms with Crippen molar-refractivity contribution in [2.75, 3.05) is 18.0 Å². The Morgan fingerprint density at radius 3 is 2.71 bits per heavy atom. The van der Waals surface area contributed by atoms with Gasteiger partial charge in [0, 0.05) is 43.3 Å². The third kappa shape index (κ3) is 2.96. The number of aryl methyl sites for hydroxylation is 2. The lowest BCUT2D eigenvalue weighted by atomic mass is 9.92. The van der Waals surface area contributed by atoms with E-state index >= 15 is 0 Å². The Bertz CT molecular complexity index is 1180. The van der Waals surface area contributed by atoms with Crippen molar-refractivity contribution in [1.82, 2.24) is 29.7 Å². The van der Waals surface area contributed by atoms with Crippen molar-refractivity contribution >= 4 is 39.5 Å². The van der Waals surface area contributed by atoms with E-state index < -0.39 is 0 Å². The van der Waals surface area contributed by atoms with Gasteiger partial charge in [-0.15, -0.1) is 0 Å². The first-order chi connectivity index (χ1) is 13.6. The van der Waals surface area contributed by atoms with E-state index in [9.17, 15) is 0 Å². The van der Waals surface area contributed by atoms with Crippen molar-refractivity contribution in [2.24, 2.45) is 7.05 Å². The maximum atomic E-state index is 6.02. The van der Waals surface area contributed by atoms with Crippen LogP contribution in [0.3, 0.4) is 0 Å². The number of halogens is 1. The van der Waals surface area contributed by atoms with E-state index in [-0.39, 0.29) is 0 Å². The largest absolute Gasteiger partial charge is 0.356 e. The van der Waals surface area contributed by atoms with Gasteiger partial charge in [-0.25, -0.2) is 19.9 Å². The van der Waals surface area contributed by atoms with Gasteiger partial charge in [-0.1, -0.05) is 11.6 Å². The monoisotopic (exact) mass is 393 g/mol. The molecule has 4 aromatic rings. The fraction of sp³-hybridized carbons (Fsp3) is 0.350. The zero-order valence-corrected chi connectivity index (χ0v) is 16.6. The van der Waals surface area contributed by atoms with Gasteiger partial charge >= 0.3 is 0 Å². The molecule has 0 amide bonds. The molecule has 4 aromatic heterocycles. The van der Waals surface area contributed by atoms with Gasteiger partial charge in [-0.3, -0.25) is 4.68 Å². The lowest BCUT2D eigenvalue weighted by Gasteiger charge is -2.33. The zero-order valence-electron chi connectivity index (χ0n) is 15.8. The number of aromatic nitrogens is 6. The molecular formula is C20H20ClN7. The topological polar surface area (TPSA) is 72.6 Å². The first-order valence-corrected chi connectivity index (χ1v) is 9.80. The van der Waals surface area contributed by atoms with Crippen molar-refractivity contribution in [2.45, 2.75) is 25.7 Å². The molecule has 0 unspecified atom stereocenters. The Morgan fingerprint density at radius 2 is 1.89 bits per heavy atom. The number of nitrogens with zero attached hydrogens (tertiary/aromatic N) is 7. The maximum Gasteiger partial charge on any atom is 0.163 e. The van der Waals surface area contributed by atoms with E-state index in [1.54, 1.807) is 10.9 Å². The number of piperidine rings is 1. The van der Waals surface area contributed by atoms with E-state index in [1.807, 2.05) is 26.2 Å². The Labute approximate surface area is 167 Å². The van der Waals surface area contributed by atoms with E-state index in [0.717, 1.165) is 65.3 Å². The molecule has 0 atom stereocenters. The van der Waals surface area contributed by atoms with Crippen molar-refractivity contribution in [3.8, 4) is 0 Å². The van der Waals surface area contributed by atoms with Gasteiger partial charge in [0.25, 0.3) is 0 Å². The maximum absolute atomic E-state index is 6.02. The third-order valence-electron chi connectivity index (χ3n) is 5.43. The SMILES string of the molecule is Cc1nc(N2CCC(c3ccc4cc(Cl)cnc4n3)CC2)c2cnn(C)c2n1. The molecule has 0 aliphatic carbocycles. The number of hydrogen-bond donors (Lipinski definition) is 0. The Kier molecular flexibility index (Phi) is 4.12. The van der Waals surface area contributed by atoms with Crippen LogP contribution in [0.4, 0.5) is 5.82 Å². The van der Waals surface area contributed by atoms with Crippen LogP contribution >= 0.6 is 11.6 Å². The number of hydrogen-bond acceptors (Lipinski definition) is 6. The first kappa shape index (κ1) is 17.3. The average Bonchev–Trinajstić information content (AvgIpc) is 3.08. The highest BCUT2D eigenvalue weighted by atomic mass is 35.5. The molecule has 1 fully saturated rings. The van der Waals surface area contributed by atoms with Gasteiger partial charge < -0.3 is 4.90 Å². The predicted molar refractivity (Wildman–Crippen MR) is 110 cm³/mol. The highest BCUT2D eigenvalue weighted by Gasteiger charge is 2.25. The van der Waals surface area contributed by atoms with Crippen molar-refractivity contribution in [3.63, 3.8) is 0 Å². The summed E-state index contributed by atoms with van der Waals surface area (Å²) in [5, 5.41) is 6.97. The Morgan fingerprint density at radius 1 is 1.07 bits per heavy atom. The Balaban J connectivity index is 1.39. The van der Waals surface area contributed by atoms with Gasteiger partial charge in [0.05, 0.1) is 16.6 Å². The smallest absolute Gasteiger partial charge is 0.163 e. The minimum Gasteiger partial charge on any atom is -0.356 e. The third-order valence-corrected chi connectivity index (χ3v) is 5.63. The molecule has 0 bridgehead atoms. The minimum atomic E-state index is 0.422. The molecule has 5 heterocycles. The van der Waals surface area contributed by atoms with Gasteiger partial charge in [0.1, 0.15) is 11.6 Å². The molecule has 1 aliphatic rings. The molecule has 7 nitrogen and oxygen atoms in total. The summed E-state index contributed by atoms with van der Waals surface area (Å²) in [5.41, 5.74) is 2.74. The summed E-state index contributed by atoms with van der Waals surface area (Å²) < 4.78 is 1.80. The number of rotatable bonds is 2. The lowest BCUT2D eigenvalue weighted by molar-refractivity contribution is 0.495. The highest BCUT2D eigenvalue weighted by Crippen LogP contribution is 2.32. The predicted octanol–water partition coefficient (Wildman–Crippen LogP) is 3.65. The van der Waals surface area contributed by atoms with Crippen molar-refractivity contribution in [3.05, 3.63) is 47.1 Å². The molecule has 0 aromatic carbocycles. The van der Waals surface area contributed by atoms with E-state index in [2.05, 4.69) is 32.1 Å². The molecule has 0 radical (unpaired) electrons. The normalized spacial score (nSPS) is 15.6. The number of pyridine rings is 2. The summed E-state index contributed by atoms with van der Waals surface area (Å²) in [4.78, 5) is 20.7. The molecule has 5 rings (SSSR count). The van der Waals surface area contributed by atoms with E-state index in [0.29, 0.717) is 10.9 Å². The van der Waals surface area contributed by atoms with Crippen LogP contribution in [-0.2, 0) is 7.05 Å². The lowest BCUT2D eigenvalue weighted by Crippen LogP contribution is -2.34. The fourth-order valence-corrected chi connectivity index (χ4v) is 4.13. The number of anilines is 1. The molecule has 1 aliphatic heterocycles. The van der Waals surface area contributed by atoms with Crippen molar-refractivity contribution in [1.29, 1.82) is 0 Å². The molecule has 0 saturated carbocycles. The first-order valence-electron chi connectivity index (χ1n) is 9.42. The summed E-state index contributed by atoms with van der Waals surface area (Å²) in [6, 6.07) is 6.07. The molecule has 28 heavy (non-hydrogen) atoms. The van der Waals surface area contributed by atoms with Gasteiger partial charge in [0.2, 0.25) is 0 Å². The van der Waals surface area contributed by atoms with E-state index in [1.165, 1.54) is 0 Å². The average molecular weight is 394 g/mol. The quantitative estimate of drug-likeness (QED) is 0.517. The zero-order chi connectivity index (χ0) is 19.3. The van der Waals surface area contributed by atoms with E-state index in [4.69, 9.17) is 21.6 Å². The second-order valence-electron chi connectivity index (χ2n) is 7.30. The number of fused-ring (bicyclic) bond motifs is 2. The molecule has 142 valence electrons. The van der Waals surface area contributed by atoms with Crippen LogP contribution in [0.15, 0.2) is 30.6 Å². The molecule has 0 N–H and O–H groups in total. The standard InChI is InChI=1S/C20H20ClN7/c1-12-24-19-16(11-23-27(19)2)20(25-12)28-7-5-13(6-8-28)17-4-3-14-9-15(21)10-22-18(14)26-17/h3-4,9-11,13H,5-8H2,1-2H3. The van der Waals surface area contributed by atoms with Crippen LogP contribution in [-0.4, -0.2) is 42.8 Å². The second kappa shape index (κ2) is 6.67. The second-order valence-corrected chi connectivity index (χ2v) is 7.73. The van der Waals surface area contributed by atoms with Gasteiger partial charge in [0.15, 0.2) is 11.3 Å². The van der Waals surface area contributed by atoms with Gasteiger partial charge in [-0.2, -0.15) is 5.10 Å². The van der Waals surface area contributed by atoms with Crippen LogP contribution in [0.1, 0.15) is 30.3 Å². The summed E-state index contributed by atoms with van der Waals surface area (Å²) in [6.07, 6.45) is 5.56. The summed E-state index contributed by atoms with van der Waals surface area (Å²) >= 11 is 6.02. The summed E-state index contributed by atoms with van der Waals surface area (Å²) in [5.74, 6) is 2.18. The molecule has 1 saturated heterocycles. The fourth-order valence-electron chi connectivity index (χ4n) is 3.97. The molecule has 0 spiro atoms. The summed E-state index contributed by atoms with van der Waals surface area (Å²) in [6.45, 7) is 3.79. The Hall–Kier alpha value is -2.80. The van der Waals surface area contributed by atoms with Crippen LogP contribution < -0.4 is 4.90 Å². The van der Waals surface area contributed by atoms with Crippen LogP contribution in [0.5, 0.6) is 0 Å². The molecule has 8 heteroatoms. The van der Waals surface area contributed by atoms with Crippen molar-refractivity contribution < 1.29 is 0 Å². The highest BCUT2D eigenvalue weighted by molar-refractivity contribution is 6.31. The van der Waals surface area contributed by atoms with Gasteiger partial charge in [-0.05, 0) is 38.0 Å². The van der Waals surface area contributed by atoms with Crippen LogP contribution in [0, 0.1) is 6.92 Å². The molecular weight excluding hydrogens is 374 g/mol. The van der Waals surface area contributed by atoms with Crippen LogP contribution in [0.2, 0.25) is 5.02 Å². The van der Waals surface area contributed by atoms with Crippen LogP contribution in [0.25, 0.3) is 22.1 Å². The summed E-state index contributed by atoms with van der Waals surface area (Å²) in [7, 11) is 1.91.